The molecule has 0 radical (unpaired) electrons. The van der Waals surface area contributed by atoms with Crippen LogP contribution in [0.4, 0.5) is 11.4 Å². The molecule has 2 aromatic rings. The minimum atomic E-state index is -3.60. The summed E-state index contributed by atoms with van der Waals surface area (Å²) in [7, 11) is -3.60. The van der Waals surface area contributed by atoms with E-state index >= 15 is 0 Å². The third kappa shape index (κ3) is 7.54. The Kier molecular flexibility index (Phi) is 10.6. The highest BCUT2D eigenvalue weighted by Crippen LogP contribution is 2.28. The number of anilines is 2. The Morgan fingerprint density at radius 1 is 0.902 bits per heavy atom. The highest BCUT2D eigenvalue weighted by atomic mass is 32.2. The predicted molar refractivity (Wildman–Crippen MR) is 160 cm³/mol. The fraction of sp³-hybridized carbons (Fsp3) is 0.516. The molecule has 2 saturated heterocycles. The molecule has 2 aromatic carbocycles. The lowest BCUT2D eigenvalue weighted by Gasteiger charge is -2.33. The van der Waals surface area contributed by atoms with Crippen molar-refractivity contribution in [1.82, 2.24) is 9.21 Å². The minimum absolute atomic E-state index is 0.0284. The third-order valence-electron chi connectivity index (χ3n) is 8.00. The molecule has 0 spiro atoms. The van der Waals surface area contributed by atoms with E-state index in [-0.39, 0.29) is 40.9 Å². The molecule has 9 nitrogen and oxygen atoms in total. The van der Waals surface area contributed by atoms with E-state index in [1.807, 2.05) is 44.2 Å². The van der Waals surface area contributed by atoms with Gasteiger partial charge < -0.3 is 15.1 Å². The van der Waals surface area contributed by atoms with Gasteiger partial charge in [-0.2, -0.15) is 4.31 Å². The van der Waals surface area contributed by atoms with Gasteiger partial charge in [-0.1, -0.05) is 44.9 Å². The summed E-state index contributed by atoms with van der Waals surface area (Å²) in [4.78, 5) is 42.4. The second-order valence-electron chi connectivity index (χ2n) is 11.0. The van der Waals surface area contributed by atoms with Crippen LogP contribution in [-0.4, -0.2) is 68.1 Å². The molecule has 3 amide bonds. The first-order chi connectivity index (χ1) is 19.7. The molecule has 1 N–H and O–H groups in total. The molecule has 0 bridgehead atoms. The van der Waals surface area contributed by atoms with Crippen molar-refractivity contribution in [1.29, 1.82) is 0 Å². The Morgan fingerprint density at radius 2 is 1.51 bits per heavy atom. The smallest absolute Gasteiger partial charge is 0.243 e. The van der Waals surface area contributed by atoms with E-state index in [0.717, 1.165) is 31.4 Å². The number of rotatable bonds is 12. The van der Waals surface area contributed by atoms with E-state index in [1.165, 1.54) is 0 Å². The van der Waals surface area contributed by atoms with Crippen LogP contribution in [-0.2, 0) is 24.4 Å². The van der Waals surface area contributed by atoms with Gasteiger partial charge in [0.15, 0.2) is 0 Å². The number of para-hydroxylation sites is 1. The number of piperidine rings is 1. The summed E-state index contributed by atoms with van der Waals surface area (Å²) in [5, 5.41) is 2.91. The molecular formula is C31H42N4O5S. The Balaban J connectivity index is 1.28. The van der Waals surface area contributed by atoms with Crippen LogP contribution in [0.25, 0.3) is 0 Å². The fourth-order valence-electron chi connectivity index (χ4n) is 5.48. The number of carbonyl (C=O) groups is 3. The third-order valence-corrected chi connectivity index (χ3v) is 9.91. The lowest BCUT2D eigenvalue weighted by Crippen LogP contribution is -2.44. The first-order valence-corrected chi connectivity index (χ1v) is 16.2. The van der Waals surface area contributed by atoms with Gasteiger partial charge in [-0.05, 0) is 62.1 Å². The Labute approximate surface area is 243 Å². The summed E-state index contributed by atoms with van der Waals surface area (Å²) in [5.41, 5.74) is 1.35. The SMILES string of the molecule is CCCCN(CCCC)S(=O)(=O)c1ccc(NC(=O)C2CCN(C(=O)C3CC(=O)N(c4ccccc4)C3)CC2)cc1. The molecule has 1 unspecified atom stereocenters. The average molecular weight is 583 g/mol. The van der Waals surface area contributed by atoms with E-state index in [0.29, 0.717) is 51.3 Å². The van der Waals surface area contributed by atoms with Crippen molar-refractivity contribution < 1.29 is 22.8 Å². The van der Waals surface area contributed by atoms with Gasteiger partial charge in [0.2, 0.25) is 27.7 Å². The minimum Gasteiger partial charge on any atom is -0.342 e. The zero-order valence-electron chi connectivity index (χ0n) is 24.1. The molecule has 1 atom stereocenters. The van der Waals surface area contributed by atoms with Crippen LogP contribution in [0.2, 0.25) is 0 Å². The quantitative estimate of drug-likeness (QED) is 0.396. The lowest BCUT2D eigenvalue weighted by atomic mass is 9.94. The number of nitrogens with one attached hydrogen (secondary N) is 1. The van der Waals surface area contributed by atoms with Crippen LogP contribution >= 0.6 is 0 Å². The van der Waals surface area contributed by atoms with Crippen molar-refractivity contribution in [3.05, 3.63) is 54.6 Å². The molecular weight excluding hydrogens is 540 g/mol. The van der Waals surface area contributed by atoms with Gasteiger partial charge >= 0.3 is 0 Å². The number of nitrogens with zero attached hydrogens (tertiary/aromatic N) is 3. The Hall–Kier alpha value is -3.24. The monoisotopic (exact) mass is 582 g/mol. The predicted octanol–water partition coefficient (Wildman–Crippen LogP) is 4.51. The molecule has 2 heterocycles. The number of benzene rings is 2. The highest BCUT2D eigenvalue weighted by molar-refractivity contribution is 7.89. The molecule has 2 fully saturated rings. The number of likely N-dealkylation sites (tertiary alicyclic amines) is 1. The van der Waals surface area contributed by atoms with E-state index < -0.39 is 10.0 Å². The highest BCUT2D eigenvalue weighted by Gasteiger charge is 2.38. The Bertz CT molecular complexity index is 1280. The maximum Gasteiger partial charge on any atom is 0.243 e. The maximum atomic E-state index is 13.2. The molecule has 222 valence electrons. The topological polar surface area (TPSA) is 107 Å². The summed E-state index contributed by atoms with van der Waals surface area (Å²) in [5.74, 6) is -0.821. The van der Waals surface area contributed by atoms with Crippen LogP contribution in [0.1, 0.15) is 58.8 Å². The van der Waals surface area contributed by atoms with Crippen LogP contribution in [0.15, 0.2) is 59.5 Å². The zero-order chi connectivity index (χ0) is 29.4. The Morgan fingerprint density at radius 3 is 2.10 bits per heavy atom. The number of sulfonamides is 1. The van der Waals surface area contributed by atoms with E-state index in [4.69, 9.17) is 0 Å². The van der Waals surface area contributed by atoms with Crippen molar-refractivity contribution in [3.8, 4) is 0 Å². The molecule has 4 rings (SSSR count). The average Bonchev–Trinajstić information content (AvgIpc) is 3.39. The second kappa shape index (κ2) is 14.1. The van der Waals surface area contributed by atoms with Crippen LogP contribution in [0, 0.1) is 11.8 Å². The molecule has 2 aliphatic heterocycles. The molecule has 41 heavy (non-hydrogen) atoms. The molecule has 2 aliphatic rings. The van der Waals surface area contributed by atoms with Gasteiger partial charge in [-0.15, -0.1) is 0 Å². The van der Waals surface area contributed by atoms with Crippen LogP contribution < -0.4 is 10.2 Å². The maximum absolute atomic E-state index is 13.2. The number of carbonyl (C=O) groups excluding carboxylic acids is 3. The summed E-state index contributed by atoms with van der Waals surface area (Å²) >= 11 is 0. The first-order valence-electron chi connectivity index (χ1n) is 14.8. The van der Waals surface area contributed by atoms with E-state index in [2.05, 4.69) is 5.32 Å². The fourth-order valence-corrected chi connectivity index (χ4v) is 6.99. The van der Waals surface area contributed by atoms with Gasteiger partial charge in [0.1, 0.15) is 0 Å². The van der Waals surface area contributed by atoms with Gasteiger partial charge in [-0.3, -0.25) is 14.4 Å². The van der Waals surface area contributed by atoms with Crippen molar-refractivity contribution in [2.45, 2.75) is 63.7 Å². The zero-order valence-corrected chi connectivity index (χ0v) is 24.9. The van der Waals surface area contributed by atoms with Crippen LogP contribution in [0.5, 0.6) is 0 Å². The van der Waals surface area contributed by atoms with Gasteiger partial charge in [0, 0.05) is 56.4 Å². The number of hydrogen-bond acceptors (Lipinski definition) is 5. The van der Waals surface area contributed by atoms with E-state index in [9.17, 15) is 22.8 Å². The van der Waals surface area contributed by atoms with Crippen molar-refractivity contribution in [3.63, 3.8) is 0 Å². The number of amides is 3. The number of unbranched alkanes of at least 4 members (excludes halogenated alkanes) is 2. The number of hydrogen-bond donors (Lipinski definition) is 1. The summed E-state index contributed by atoms with van der Waals surface area (Å²) in [6.07, 6.45) is 4.74. The van der Waals surface area contributed by atoms with Crippen molar-refractivity contribution >= 4 is 39.1 Å². The van der Waals surface area contributed by atoms with Gasteiger partial charge in [0.25, 0.3) is 0 Å². The lowest BCUT2D eigenvalue weighted by molar-refractivity contribution is -0.138. The molecule has 0 saturated carbocycles. The summed E-state index contributed by atoms with van der Waals surface area (Å²) < 4.78 is 28.0. The van der Waals surface area contributed by atoms with Crippen LogP contribution in [0.3, 0.4) is 0 Å². The van der Waals surface area contributed by atoms with Crippen molar-refractivity contribution in [2.75, 3.05) is 42.9 Å². The van der Waals surface area contributed by atoms with E-state index in [1.54, 1.807) is 38.4 Å². The second-order valence-corrected chi connectivity index (χ2v) is 12.9. The summed E-state index contributed by atoms with van der Waals surface area (Å²) in [6.45, 7) is 6.40. The van der Waals surface area contributed by atoms with Crippen molar-refractivity contribution in [2.24, 2.45) is 11.8 Å². The van der Waals surface area contributed by atoms with Gasteiger partial charge in [0.05, 0.1) is 10.8 Å². The normalized spacial score (nSPS) is 18.2. The standard InChI is InChI=1S/C31H42N4O5S/c1-3-5-18-34(19-6-4-2)41(39,40)28-14-12-26(13-15-28)32-30(37)24-16-20-33(21-17-24)31(38)25-22-29(36)35(23-25)27-10-8-7-9-11-27/h7-15,24-25H,3-6,16-23H2,1-2H3,(H,32,37). The molecule has 0 aromatic heterocycles. The van der Waals surface area contributed by atoms with Gasteiger partial charge in [-0.25, -0.2) is 8.42 Å². The summed E-state index contributed by atoms with van der Waals surface area (Å²) in [6, 6.07) is 15.8. The largest absolute Gasteiger partial charge is 0.342 e. The first kappa shape index (κ1) is 30.7. The molecule has 0 aliphatic carbocycles. The molecule has 10 heteroatoms.